The summed E-state index contributed by atoms with van der Waals surface area (Å²) in [7, 11) is 0. The molecule has 2 aromatic heterocycles. The molecule has 0 fully saturated rings. The monoisotopic (exact) mass is 347 g/mol. The molecule has 1 N–H and O–H groups in total. The van der Waals surface area contributed by atoms with E-state index in [-0.39, 0.29) is 12.2 Å². The number of halogens is 1. The minimum Gasteiger partial charge on any atom is -0.486 e. The van der Waals surface area contributed by atoms with Gasteiger partial charge in [0, 0.05) is 23.1 Å². The molecular weight excluding hydrogens is 338 g/mol. The van der Waals surface area contributed by atoms with Crippen LogP contribution < -0.4 is 4.74 Å². The molecule has 106 valence electrons. The molecular formula is C14H10BrN3O3. The van der Waals surface area contributed by atoms with E-state index < -0.39 is 5.97 Å². The van der Waals surface area contributed by atoms with E-state index in [1.807, 2.05) is 6.20 Å². The minimum atomic E-state index is -1.03. The molecule has 21 heavy (non-hydrogen) atoms. The van der Waals surface area contributed by atoms with Crippen LogP contribution in [0.2, 0.25) is 0 Å². The maximum absolute atomic E-state index is 11.2. The highest BCUT2D eigenvalue weighted by molar-refractivity contribution is 9.10. The zero-order chi connectivity index (χ0) is 14.8. The largest absolute Gasteiger partial charge is 0.486 e. The van der Waals surface area contributed by atoms with E-state index in [0.717, 1.165) is 4.47 Å². The Labute approximate surface area is 128 Å². The van der Waals surface area contributed by atoms with Crippen LogP contribution in [0.4, 0.5) is 0 Å². The number of aromatic carboxylic acids is 1. The van der Waals surface area contributed by atoms with Gasteiger partial charge in [-0.05, 0) is 24.3 Å². The van der Waals surface area contributed by atoms with Gasteiger partial charge < -0.3 is 9.84 Å². The topological polar surface area (TPSA) is 76.7 Å². The molecule has 0 radical (unpaired) electrons. The third-order valence-corrected chi connectivity index (χ3v) is 3.33. The number of aromatic nitrogens is 3. The van der Waals surface area contributed by atoms with Crippen molar-refractivity contribution in [1.29, 1.82) is 0 Å². The molecule has 0 atom stereocenters. The summed E-state index contributed by atoms with van der Waals surface area (Å²) in [6.45, 7) is 0.167. The van der Waals surface area contributed by atoms with Gasteiger partial charge in [-0.2, -0.15) is 0 Å². The van der Waals surface area contributed by atoms with Gasteiger partial charge in [0.1, 0.15) is 17.9 Å². The van der Waals surface area contributed by atoms with Crippen LogP contribution in [0.15, 0.2) is 47.3 Å². The molecule has 0 saturated heterocycles. The third kappa shape index (κ3) is 2.87. The quantitative estimate of drug-likeness (QED) is 0.785. The molecule has 6 nitrogen and oxygen atoms in total. The van der Waals surface area contributed by atoms with Crippen molar-refractivity contribution >= 4 is 27.7 Å². The maximum Gasteiger partial charge on any atom is 0.339 e. The number of hydrogen-bond donors (Lipinski definition) is 1. The summed E-state index contributed by atoms with van der Waals surface area (Å²) in [6.07, 6.45) is 5.28. The molecule has 0 aliphatic heterocycles. The van der Waals surface area contributed by atoms with Crippen LogP contribution in [0, 0.1) is 0 Å². The molecule has 3 rings (SSSR count). The van der Waals surface area contributed by atoms with Gasteiger partial charge in [0.25, 0.3) is 0 Å². The molecule has 0 aliphatic rings. The van der Waals surface area contributed by atoms with Crippen LogP contribution in [0.5, 0.6) is 5.75 Å². The van der Waals surface area contributed by atoms with Gasteiger partial charge in [0.2, 0.25) is 5.78 Å². The number of nitrogens with zero attached hydrogens (tertiary/aromatic N) is 3. The zero-order valence-electron chi connectivity index (χ0n) is 10.7. The summed E-state index contributed by atoms with van der Waals surface area (Å²) in [4.78, 5) is 19.6. The average molecular weight is 348 g/mol. The van der Waals surface area contributed by atoms with Crippen LogP contribution in [-0.4, -0.2) is 25.4 Å². The highest BCUT2D eigenvalue weighted by atomic mass is 79.9. The van der Waals surface area contributed by atoms with E-state index in [0.29, 0.717) is 17.2 Å². The van der Waals surface area contributed by atoms with Gasteiger partial charge in [-0.15, -0.1) is 0 Å². The van der Waals surface area contributed by atoms with E-state index in [4.69, 9.17) is 9.84 Å². The van der Waals surface area contributed by atoms with Crippen molar-refractivity contribution in [3.63, 3.8) is 0 Å². The van der Waals surface area contributed by atoms with Gasteiger partial charge in [-0.3, -0.25) is 4.40 Å². The zero-order valence-corrected chi connectivity index (χ0v) is 12.3. The molecule has 0 amide bonds. The van der Waals surface area contributed by atoms with Crippen LogP contribution in [0.3, 0.4) is 0 Å². The Balaban J connectivity index is 1.84. The summed E-state index contributed by atoms with van der Waals surface area (Å²) in [5, 5.41) is 9.14. The molecule has 0 saturated carbocycles. The van der Waals surface area contributed by atoms with Crippen LogP contribution in [-0.2, 0) is 6.61 Å². The highest BCUT2D eigenvalue weighted by Gasteiger charge is 2.12. The Kier molecular flexibility index (Phi) is 3.57. The van der Waals surface area contributed by atoms with E-state index >= 15 is 0 Å². The first kappa shape index (κ1) is 13.6. The number of rotatable bonds is 4. The maximum atomic E-state index is 11.2. The predicted molar refractivity (Wildman–Crippen MR) is 78.4 cm³/mol. The first-order chi connectivity index (χ1) is 10.1. The lowest BCUT2D eigenvalue weighted by molar-refractivity contribution is 0.0691. The summed E-state index contributed by atoms with van der Waals surface area (Å²) in [6, 6.07) is 6.58. The molecule has 3 aromatic rings. The molecule has 7 heteroatoms. The fourth-order valence-electron chi connectivity index (χ4n) is 1.89. The van der Waals surface area contributed by atoms with Gasteiger partial charge in [0.15, 0.2) is 0 Å². The molecule has 0 spiro atoms. The standard InChI is InChI=1S/C14H10BrN3O3/c15-9-2-3-11(13(19)20)12(6-9)21-8-10-7-18-5-1-4-16-14(18)17-10/h1-7H,8H2,(H,19,20). The van der Waals surface area contributed by atoms with Crippen molar-refractivity contribution in [3.8, 4) is 5.75 Å². The second-order valence-electron chi connectivity index (χ2n) is 4.29. The minimum absolute atomic E-state index is 0.111. The predicted octanol–water partition coefficient (Wildman–Crippen LogP) is 2.77. The summed E-state index contributed by atoms with van der Waals surface area (Å²) >= 11 is 3.30. The molecule has 0 unspecified atom stereocenters. The van der Waals surface area contributed by atoms with Gasteiger partial charge in [-0.1, -0.05) is 15.9 Å². The number of carbonyl (C=O) groups is 1. The third-order valence-electron chi connectivity index (χ3n) is 2.84. The van der Waals surface area contributed by atoms with Crippen molar-refractivity contribution in [3.05, 3.63) is 58.6 Å². The number of hydrogen-bond acceptors (Lipinski definition) is 4. The number of imidazole rings is 1. The van der Waals surface area contributed by atoms with Gasteiger partial charge >= 0.3 is 5.97 Å². The first-order valence-corrected chi connectivity index (χ1v) is 6.87. The van der Waals surface area contributed by atoms with Gasteiger partial charge in [-0.25, -0.2) is 14.8 Å². The lowest BCUT2D eigenvalue weighted by Crippen LogP contribution is -2.03. The summed E-state index contributed by atoms with van der Waals surface area (Å²) in [5.74, 6) is -0.167. The lowest BCUT2D eigenvalue weighted by atomic mass is 10.2. The van der Waals surface area contributed by atoms with Crippen molar-refractivity contribution in [2.75, 3.05) is 0 Å². The van der Waals surface area contributed by atoms with E-state index in [9.17, 15) is 4.79 Å². The Hall–Kier alpha value is -2.41. The lowest BCUT2D eigenvalue weighted by Gasteiger charge is -2.08. The second kappa shape index (κ2) is 5.53. The average Bonchev–Trinajstić information content (AvgIpc) is 2.87. The number of carboxylic acid groups (broad SMARTS) is 1. The Morgan fingerprint density at radius 2 is 2.29 bits per heavy atom. The van der Waals surface area contributed by atoms with Gasteiger partial charge in [0.05, 0.1) is 5.69 Å². The first-order valence-electron chi connectivity index (χ1n) is 6.08. The van der Waals surface area contributed by atoms with Crippen LogP contribution in [0.25, 0.3) is 5.78 Å². The smallest absolute Gasteiger partial charge is 0.339 e. The number of benzene rings is 1. The molecule has 2 heterocycles. The SMILES string of the molecule is O=C(O)c1ccc(Br)cc1OCc1cn2cccnc2n1. The molecule has 0 bridgehead atoms. The van der Waals surface area contributed by atoms with Crippen molar-refractivity contribution in [1.82, 2.24) is 14.4 Å². The Bertz CT molecular complexity index is 783. The van der Waals surface area contributed by atoms with Crippen molar-refractivity contribution < 1.29 is 14.6 Å². The normalized spacial score (nSPS) is 10.7. The van der Waals surface area contributed by atoms with E-state index in [2.05, 4.69) is 25.9 Å². The second-order valence-corrected chi connectivity index (χ2v) is 5.21. The number of carboxylic acids is 1. The summed E-state index contributed by atoms with van der Waals surface area (Å²) < 4.78 is 8.11. The number of fused-ring (bicyclic) bond motifs is 1. The Morgan fingerprint density at radius 3 is 3.05 bits per heavy atom. The van der Waals surface area contributed by atoms with Crippen molar-refractivity contribution in [2.24, 2.45) is 0 Å². The summed E-state index contributed by atoms with van der Waals surface area (Å²) in [5.41, 5.74) is 0.783. The van der Waals surface area contributed by atoms with Crippen LogP contribution >= 0.6 is 15.9 Å². The Morgan fingerprint density at radius 1 is 1.43 bits per heavy atom. The highest BCUT2D eigenvalue weighted by Crippen LogP contribution is 2.24. The fraction of sp³-hybridized carbons (Fsp3) is 0.0714. The number of ether oxygens (including phenoxy) is 1. The fourth-order valence-corrected chi connectivity index (χ4v) is 2.23. The van der Waals surface area contributed by atoms with Crippen molar-refractivity contribution in [2.45, 2.75) is 6.61 Å². The van der Waals surface area contributed by atoms with E-state index in [1.165, 1.54) is 6.07 Å². The molecule has 1 aromatic carbocycles. The van der Waals surface area contributed by atoms with Crippen LogP contribution in [0.1, 0.15) is 16.1 Å². The van der Waals surface area contributed by atoms with E-state index in [1.54, 1.807) is 35.0 Å². The molecule has 0 aliphatic carbocycles.